The van der Waals surface area contributed by atoms with Gasteiger partial charge in [0.15, 0.2) is 0 Å². The van der Waals surface area contributed by atoms with Crippen LogP contribution in [0.25, 0.3) is 0 Å². The molecular formula is C20H23N5O. The molecule has 0 spiro atoms. The van der Waals surface area contributed by atoms with Crippen molar-refractivity contribution in [2.45, 2.75) is 6.04 Å². The van der Waals surface area contributed by atoms with Crippen LogP contribution in [-0.4, -0.2) is 60.5 Å². The number of piperazine rings is 1. The highest BCUT2D eigenvalue weighted by molar-refractivity contribution is 5.92. The lowest BCUT2D eigenvalue weighted by Gasteiger charge is -2.40. The van der Waals surface area contributed by atoms with Gasteiger partial charge in [0, 0.05) is 45.0 Å². The fourth-order valence-corrected chi connectivity index (χ4v) is 3.21. The van der Waals surface area contributed by atoms with Gasteiger partial charge in [0.25, 0.3) is 5.91 Å². The van der Waals surface area contributed by atoms with Crippen LogP contribution in [0.5, 0.6) is 0 Å². The van der Waals surface area contributed by atoms with Gasteiger partial charge in [-0.3, -0.25) is 9.69 Å². The Morgan fingerprint density at radius 3 is 2.77 bits per heavy atom. The van der Waals surface area contributed by atoms with Crippen molar-refractivity contribution < 1.29 is 4.79 Å². The lowest BCUT2D eigenvalue weighted by atomic mass is 10.0. The Morgan fingerprint density at radius 1 is 1.27 bits per heavy atom. The van der Waals surface area contributed by atoms with E-state index in [0.717, 1.165) is 26.2 Å². The fraction of sp³-hybridized carbons (Fsp3) is 0.350. The molecule has 26 heavy (non-hydrogen) atoms. The molecule has 0 aliphatic carbocycles. The van der Waals surface area contributed by atoms with E-state index in [1.165, 1.54) is 11.8 Å². The Bertz CT molecular complexity index is 769. The number of aromatic nitrogens is 1. The molecule has 1 aromatic carbocycles. The molecule has 1 saturated heterocycles. The third-order valence-corrected chi connectivity index (χ3v) is 4.69. The Kier molecular flexibility index (Phi) is 5.95. The highest BCUT2D eigenvalue weighted by Gasteiger charge is 2.26. The number of rotatable bonds is 5. The number of pyridine rings is 1. The number of benzene rings is 1. The molecule has 1 atom stereocenters. The molecule has 0 saturated carbocycles. The number of amides is 1. The highest BCUT2D eigenvalue weighted by Crippen LogP contribution is 2.24. The molecule has 2 heterocycles. The van der Waals surface area contributed by atoms with E-state index in [4.69, 9.17) is 5.26 Å². The van der Waals surface area contributed by atoms with E-state index >= 15 is 0 Å². The second kappa shape index (κ2) is 8.56. The normalized spacial score (nSPS) is 18.2. The van der Waals surface area contributed by atoms with Crippen molar-refractivity contribution in [3.8, 4) is 6.07 Å². The lowest BCUT2D eigenvalue weighted by molar-refractivity contribution is 0.0840. The summed E-state index contributed by atoms with van der Waals surface area (Å²) < 4.78 is 0. The second-order valence-electron chi connectivity index (χ2n) is 6.52. The van der Waals surface area contributed by atoms with Gasteiger partial charge in [0.2, 0.25) is 0 Å². The van der Waals surface area contributed by atoms with Crippen LogP contribution in [-0.2, 0) is 0 Å². The van der Waals surface area contributed by atoms with Crippen LogP contribution in [0.15, 0.2) is 48.7 Å². The van der Waals surface area contributed by atoms with E-state index < -0.39 is 0 Å². The van der Waals surface area contributed by atoms with Crippen LogP contribution in [0.3, 0.4) is 0 Å². The number of likely N-dealkylation sites (N-methyl/N-ethyl adjacent to an activating group) is 1. The molecule has 1 aliphatic heterocycles. The molecule has 1 N–H and O–H groups in total. The Hall–Kier alpha value is -2.75. The van der Waals surface area contributed by atoms with Crippen molar-refractivity contribution >= 4 is 5.91 Å². The van der Waals surface area contributed by atoms with E-state index in [2.05, 4.69) is 51.4 Å². The minimum atomic E-state index is -0.208. The Labute approximate surface area is 154 Å². The first kappa shape index (κ1) is 18.1. The van der Waals surface area contributed by atoms with Crippen molar-refractivity contribution in [3.63, 3.8) is 0 Å². The zero-order valence-corrected chi connectivity index (χ0v) is 14.9. The van der Waals surface area contributed by atoms with E-state index in [9.17, 15) is 4.79 Å². The molecule has 1 amide bonds. The molecular weight excluding hydrogens is 326 g/mol. The van der Waals surface area contributed by atoms with Crippen LogP contribution >= 0.6 is 0 Å². The van der Waals surface area contributed by atoms with Gasteiger partial charge in [0.1, 0.15) is 11.8 Å². The molecule has 1 aliphatic rings. The summed E-state index contributed by atoms with van der Waals surface area (Å²) in [5.74, 6) is -0.208. The van der Waals surface area contributed by atoms with Gasteiger partial charge in [-0.25, -0.2) is 4.98 Å². The molecule has 2 aromatic rings. The number of hydrogen-bond acceptors (Lipinski definition) is 5. The van der Waals surface area contributed by atoms with Gasteiger partial charge in [-0.2, -0.15) is 5.26 Å². The first-order valence-corrected chi connectivity index (χ1v) is 8.79. The van der Waals surface area contributed by atoms with Gasteiger partial charge in [-0.15, -0.1) is 0 Å². The summed E-state index contributed by atoms with van der Waals surface area (Å²) in [6.07, 6.45) is 1.42. The summed E-state index contributed by atoms with van der Waals surface area (Å²) in [6.45, 7) is 4.33. The molecule has 1 fully saturated rings. The van der Waals surface area contributed by atoms with E-state index in [0.29, 0.717) is 23.8 Å². The predicted molar refractivity (Wildman–Crippen MR) is 99.5 cm³/mol. The van der Waals surface area contributed by atoms with Crippen LogP contribution in [0.2, 0.25) is 0 Å². The average Bonchev–Trinajstić information content (AvgIpc) is 2.69. The van der Waals surface area contributed by atoms with E-state index in [-0.39, 0.29) is 5.91 Å². The molecule has 134 valence electrons. The van der Waals surface area contributed by atoms with E-state index in [1.807, 2.05) is 12.1 Å². The van der Waals surface area contributed by atoms with Gasteiger partial charge in [-0.05, 0) is 24.7 Å². The van der Waals surface area contributed by atoms with Gasteiger partial charge >= 0.3 is 0 Å². The Balaban J connectivity index is 1.57. The smallest absolute Gasteiger partial charge is 0.269 e. The first-order chi connectivity index (χ1) is 12.7. The fourth-order valence-electron chi connectivity index (χ4n) is 3.21. The summed E-state index contributed by atoms with van der Waals surface area (Å²) in [7, 11) is 2.14. The summed E-state index contributed by atoms with van der Waals surface area (Å²) in [4.78, 5) is 21.0. The largest absolute Gasteiger partial charge is 0.349 e. The van der Waals surface area contributed by atoms with Crippen LogP contribution in [0.4, 0.5) is 0 Å². The summed E-state index contributed by atoms with van der Waals surface area (Å²) in [5.41, 5.74) is 2.09. The zero-order chi connectivity index (χ0) is 18.4. The molecule has 3 rings (SSSR count). The number of nitrogens with one attached hydrogen (secondary N) is 1. The number of hydrogen-bond donors (Lipinski definition) is 1. The maximum absolute atomic E-state index is 12.2. The minimum absolute atomic E-state index is 0.208. The SMILES string of the molecule is CN1CCN(CCNC(=O)c2ccc(C#N)cn2)C(c2ccccc2)C1. The molecule has 0 bridgehead atoms. The highest BCUT2D eigenvalue weighted by atomic mass is 16.1. The summed E-state index contributed by atoms with van der Waals surface area (Å²) in [5, 5.41) is 11.7. The number of nitriles is 1. The molecule has 6 nitrogen and oxygen atoms in total. The van der Waals surface area contributed by atoms with Crippen molar-refractivity contribution in [1.82, 2.24) is 20.1 Å². The minimum Gasteiger partial charge on any atom is -0.349 e. The van der Waals surface area contributed by atoms with Gasteiger partial charge < -0.3 is 10.2 Å². The predicted octanol–water partition coefficient (Wildman–Crippen LogP) is 1.67. The number of carbonyl (C=O) groups is 1. The molecule has 1 unspecified atom stereocenters. The molecule has 0 radical (unpaired) electrons. The van der Waals surface area contributed by atoms with Crippen LogP contribution in [0, 0.1) is 11.3 Å². The monoisotopic (exact) mass is 349 g/mol. The van der Waals surface area contributed by atoms with E-state index in [1.54, 1.807) is 12.1 Å². The maximum atomic E-state index is 12.2. The van der Waals surface area contributed by atoms with Gasteiger partial charge in [-0.1, -0.05) is 30.3 Å². The summed E-state index contributed by atoms with van der Waals surface area (Å²) in [6, 6.07) is 16.0. The maximum Gasteiger partial charge on any atom is 0.269 e. The van der Waals surface area contributed by atoms with Gasteiger partial charge in [0.05, 0.1) is 5.56 Å². The average molecular weight is 349 g/mol. The summed E-state index contributed by atoms with van der Waals surface area (Å²) >= 11 is 0. The third kappa shape index (κ3) is 4.45. The first-order valence-electron chi connectivity index (χ1n) is 8.79. The standard InChI is InChI=1S/C20H23N5O/c1-24-11-12-25(19(15-24)17-5-3-2-4-6-17)10-9-22-20(26)18-8-7-16(13-21)14-23-18/h2-8,14,19H,9-12,15H2,1H3,(H,22,26). The molecule has 1 aromatic heterocycles. The number of nitrogens with zero attached hydrogens (tertiary/aromatic N) is 4. The van der Waals surface area contributed by atoms with Crippen LogP contribution < -0.4 is 5.32 Å². The zero-order valence-electron chi connectivity index (χ0n) is 14.9. The lowest BCUT2D eigenvalue weighted by Crippen LogP contribution is -2.49. The van der Waals surface area contributed by atoms with Crippen molar-refractivity contribution in [3.05, 3.63) is 65.5 Å². The molecule has 6 heteroatoms. The third-order valence-electron chi connectivity index (χ3n) is 4.69. The topological polar surface area (TPSA) is 72.3 Å². The van der Waals surface area contributed by atoms with Crippen LogP contribution in [0.1, 0.15) is 27.7 Å². The van der Waals surface area contributed by atoms with Crippen molar-refractivity contribution in [1.29, 1.82) is 5.26 Å². The van der Waals surface area contributed by atoms with Crippen molar-refractivity contribution in [2.75, 3.05) is 39.8 Å². The quantitative estimate of drug-likeness (QED) is 0.889. The Morgan fingerprint density at radius 2 is 2.08 bits per heavy atom. The van der Waals surface area contributed by atoms with Crippen molar-refractivity contribution in [2.24, 2.45) is 0 Å². The second-order valence-corrected chi connectivity index (χ2v) is 6.52. The number of carbonyl (C=O) groups excluding carboxylic acids is 1.